The van der Waals surface area contributed by atoms with Gasteiger partial charge in [-0.1, -0.05) is 23.7 Å². The first-order valence-electron chi connectivity index (χ1n) is 7.92. The Bertz CT molecular complexity index is 1010. The highest BCUT2D eigenvalue weighted by atomic mass is 35.5. The lowest BCUT2D eigenvalue weighted by Crippen LogP contribution is -2.21. The van der Waals surface area contributed by atoms with E-state index in [0.29, 0.717) is 11.4 Å². The van der Waals surface area contributed by atoms with Gasteiger partial charge in [0.25, 0.3) is 5.69 Å². The maximum atomic E-state index is 12.2. The van der Waals surface area contributed by atoms with Crippen LogP contribution in [0.4, 0.5) is 17.1 Å². The third kappa shape index (κ3) is 4.81. The van der Waals surface area contributed by atoms with Crippen LogP contribution in [0.5, 0.6) is 0 Å². The third-order valence-electron chi connectivity index (χ3n) is 3.66. The Balaban J connectivity index is 1.63. The van der Waals surface area contributed by atoms with Crippen molar-refractivity contribution in [2.45, 2.75) is 6.92 Å². The Morgan fingerprint density at radius 1 is 1.26 bits per heavy atom. The number of nitrogens with zero attached hydrogens (tertiary/aromatic N) is 2. The van der Waals surface area contributed by atoms with Gasteiger partial charge in [0.15, 0.2) is 0 Å². The van der Waals surface area contributed by atoms with Crippen LogP contribution in [-0.2, 0) is 4.79 Å². The van der Waals surface area contributed by atoms with Gasteiger partial charge in [0.2, 0.25) is 5.91 Å². The van der Waals surface area contributed by atoms with Crippen LogP contribution in [0.25, 0.3) is 11.3 Å². The van der Waals surface area contributed by atoms with Crippen LogP contribution in [0.3, 0.4) is 0 Å². The lowest BCUT2D eigenvalue weighted by molar-refractivity contribution is -0.384. The van der Waals surface area contributed by atoms with E-state index in [0.717, 1.165) is 16.3 Å². The molecule has 0 aliphatic rings. The van der Waals surface area contributed by atoms with Crippen molar-refractivity contribution in [2.24, 2.45) is 0 Å². The van der Waals surface area contributed by atoms with Gasteiger partial charge < -0.3 is 10.6 Å². The Morgan fingerprint density at radius 2 is 2.07 bits per heavy atom. The molecule has 0 saturated carbocycles. The summed E-state index contributed by atoms with van der Waals surface area (Å²) in [6, 6.07) is 11.7. The summed E-state index contributed by atoms with van der Waals surface area (Å²) in [5, 5.41) is 19.5. The molecule has 0 aliphatic heterocycles. The van der Waals surface area contributed by atoms with Crippen molar-refractivity contribution in [2.75, 3.05) is 17.2 Å². The molecule has 0 spiro atoms. The molecule has 3 rings (SSSR count). The van der Waals surface area contributed by atoms with Crippen molar-refractivity contribution in [1.29, 1.82) is 0 Å². The molecule has 1 heterocycles. The topological polar surface area (TPSA) is 97.2 Å². The zero-order valence-corrected chi connectivity index (χ0v) is 15.8. The van der Waals surface area contributed by atoms with Crippen LogP contribution in [0.1, 0.15) is 5.01 Å². The van der Waals surface area contributed by atoms with Gasteiger partial charge in [0.05, 0.1) is 22.2 Å². The number of rotatable bonds is 6. The third-order valence-corrected chi connectivity index (χ3v) is 4.75. The van der Waals surface area contributed by atoms with Gasteiger partial charge in [0, 0.05) is 28.4 Å². The van der Waals surface area contributed by atoms with E-state index in [4.69, 9.17) is 11.6 Å². The molecule has 9 heteroatoms. The first-order chi connectivity index (χ1) is 12.9. The average Bonchev–Trinajstić information content (AvgIpc) is 3.07. The van der Waals surface area contributed by atoms with Crippen LogP contribution in [0.2, 0.25) is 5.02 Å². The van der Waals surface area contributed by atoms with E-state index in [1.807, 2.05) is 30.5 Å². The molecular weight excluding hydrogens is 388 g/mol. The number of amides is 1. The quantitative estimate of drug-likeness (QED) is 0.458. The summed E-state index contributed by atoms with van der Waals surface area (Å²) >= 11 is 7.34. The van der Waals surface area contributed by atoms with E-state index >= 15 is 0 Å². The first-order valence-corrected chi connectivity index (χ1v) is 9.18. The Kier molecular flexibility index (Phi) is 5.68. The SMILES string of the molecule is Cc1nc(-c2cccc(NC(=O)CNc3ccc(Cl)c([N+](=O)[O-])c3)c2)cs1. The lowest BCUT2D eigenvalue weighted by atomic mass is 10.1. The molecule has 138 valence electrons. The van der Waals surface area contributed by atoms with Gasteiger partial charge >= 0.3 is 0 Å². The average molecular weight is 403 g/mol. The smallest absolute Gasteiger partial charge is 0.289 e. The van der Waals surface area contributed by atoms with Crippen molar-refractivity contribution >= 4 is 45.9 Å². The molecule has 1 aromatic heterocycles. The fourth-order valence-electron chi connectivity index (χ4n) is 2.40. The number of carbonyl (C=O) groups is 1. The zero-order valence-electron chi connectivity index (χ0n) is 14.2. The lowest BCUT2D eigenvalue weighted by Gasteiger charge is -2.09. The van der Waals surface area contributed by atoms with Crippen LogP contribution in [-0.4, -0.2) is 22.4 Å². The van der Waals surface area contributed by atoms with Gasteiger partial charge in [0.1, 0.15) is 5.02 Å². The summed E-state index contributed by atoms with van der Waals surface area (Å²) in [6.45, 7) is 1.89. The number of aryl methyl sites for hydroxylation is 1. The van der Waals surface area contributed by atoms with E-state index in [1.54, 1.807) is 23.5 Å². The molecule has 2 aromatic carbocycles. The standard InChI is InChI=1S/C18H15ClN4O3S/c1-11-21-16(10-27-11)12-3-2-4-14(7-12)22-18(24)9-20-13-5-6-15(19)17(8-13)23(25)26/h2-8,10,20H,9H2,1H3,(H,22,24). The van der Waals surface area contributed by atoms with Crippen molar-refractivity contribution in [3.05, 3.63) is 68.0 Å². The number of anilines is 2. The molecule has 2 N–H and O–H groups in total. The molecule has 0 fully saturated rings. The van der Waals surface area contributed by atoms with Gasteiger partial charge in [-0.05, 0) is 31.2 Å². The van der Waals surface area contributed by atoms with Gasteiger partial charge in [-0.2, -0.15) is 0 Å². The maximum absolute atomic E-state index is 12.2. The highest BCUT2D eigenvalue weighted by molar-refractivity contribution is 7.09. The molecule has 0 radical (unpaired) electrons. The molecule has 0 aliphatic carbocycles. The van der Waals surface area contributed by atoms with Crippen molar-refractivity contribution in [3.8, 4) is 11.3 Å². The number of thiazole rings is 1. The second-order valence-electron chi connectivity index (χ2n) is 5.66. The molecule has 0 unspecified atom stereocenters. The number of hydrogen-bond acceptors (Lipinski definition) is 6. The first kappa shape index (κ1) is 18.8. The fraction of sp³-hybridized carbons (Fsp3) is 0.111. The predicted octanol–water partition coefficient (Wildman–Crippen LogP) is 4.73. The van der Waals surface area contributed by atoms with Crippen LogP contribution in [0, 0.1) is 17.0 Å². The summed E-state index contributed by atoms with van der Waals surface area (Å²) < 4.78 is 0. The number of halogens is 1. The number of aromatic nitrogens is 1. The Morgan fingerprint density at radius 3 is 2.78 bits per heavy atom. The molecule has 7 nitrogen and oxygen atoms in total. The fourth-order valence-corrected chi connectivity index (χ4v) is 3.21. The van der Waals surface area contributed by atoms with Gasteiger partial charge in [-0.25, -0.2) is 4.98 Å². The summed E-state index contributed by atoms with van der Waals surface area (Å²) in [7, 11) is 0. The molecule has 0 saturated heterocycles. The van der Waals surface area contributed by atoms with Gasteiger partial charge in [-0.3, -0.25) is 14.9 Å². The van der Waals surface area contributed by atoms with Crippen molar-refractivity contribution in [1.82, 2.24) is 4.98 Å². The molecule has 1 amide bonds. The van der Waals surface area contributed by atoms with Crippen LogP contribution >= 0.6 is 22.9 Å². The van der Waals surface area contributed by atoms with Crippen molar-refractivity contribution in [3.63, 3.8) is 0 Å². The van der Waals surface area contributed by atoms with E-state index in [-0.39, 0.29) is 23.2 Å². The summed E-state index contributed by atoms with van der Waals surface area (Å²) in [4.78, 5) is 27.0. The van der Waals surface area contributed by atoms with E-state index in [1.165, 1.54) is 12.1 Å². The van der Waals surface area contributed by atoms with Gasteiger partial charge in [-0.15, -0.1) is 11.3 Å². The van der Waals surface area contributed by atoms with Crippen LogP contribution in [0.15, 0.2) is 47.8 Å². The second kappa shape index (κ2) is 8.15. The summed E-state index contributed by atoms with van der Waals surface area (Å²) in [6.07, 6.45) is 0. The number of nitro benzene ring substituents is 1. The zero-order chi connectivity index (χ0) is 19.4. The van der Waals surface area contributed by atoms with Crippen LogP contribution < -0.4 is 10.6 Å². The number of nitro groups is 1. The number of hydrogen-bond donors (Lipinski definition) is 2. The summed E-state index contributed by atoms with van der Waals surface area (Å²) in [5.74, 6) is -0.279. The molecule has 0 bridgehead atoms. The van der Waals surface area contributed by atoms with E-state index in [9.17, 15) is 14.9 Å². The highest BCUT2D eigenvalue weighted by Crippen LogP contribution is 2.27. The second-order valence-corrected chi connectivity index (χ2v) is 7.13. The minimum absolute atomic E-state index is 0.0428. The Hall–Kier alpha value is -2.97. The molecule has 27 heavy (non-hydrogen) atoms. The van der Waals surface area contributed by atoms with Crippen molar-refractivity contribution < 1.29 is 9.72 Å². The monoisotopic (exact) mass is 402 g/mol. The Labute approximate surface area is 164 Å². The predicted molar refractivity (Wildman–Crippen MR) is 108 cm³/mol. The minimum atomic E-state index is -0.570. The highest BCUT2D eigenvalue weighted by Gasteiger charge is 2.13. The largest absolute Gasteiger partial charge is 0.376 e. The summed E-state index contributed by atoms with van der Waals surface area (Å²) in [5.41, 5.74) is 2.65. The number of carbonyl (C=O) groups excluding carboxylic acids is 1. The van der Waals surface area contributed by atoms with E-state index < -0.39 is 4.92 Å². The molecule has 0 atom stereocenters. The molecular formula is C18H15ClN4O3S. The number of nitrogens with one attached hydrogen (secondary N) is 2. The molecule has 3 aromatic rings. The maximum Gasteiger partial charge on any atom is 0.289 e. The number of benzene rings is 2. The van der Waals surface area contributed by atoms with E-state index in [2.05, 4.69) is 15.6 Å². The normalized spacial score (nSPS) is 10.4. The minimum Gasteiger partial charge on any atom is -0.376 e.